The van der Waals surface area contributed by atoms with Crippen LogP contribution in [0.25, 0.3) is 0 Å². The molecule has 1 fully saturated rings. The molecule has 5 nitrogen and oxygen atoms in total. The zero-order valence-electron chi connectivity index (χ0n) is 16.5. The number of sulfonamides is 1. The first kappa shape index (κ1) is 20.6. The first-order valence-corrected chi connectivity index (χ1v) is 11.2. The average Bonchev–Trinajstić information content (AvgIpc) is 2.68. The van der Waals surface area contributed by atoms with E-state index in [9.17, 15) is 13.2 Å². The zero-order chi connectivity index (χ0) is 20.1. The quantitative estimate of drug-likeness (QED) is 0.810. The number of piperidine rings is 1. The van der Waals surface area contributed by atoms with Crippen LogP contribution in [0.2, 0.25) is 0 Å². The average molecular weight is 401 g/mol. The van der Waals surface area contributed by atoms with Gasteiger partial charge in [-0.2, -0.15) is 4.31 Å². The van der Waals surface area contributed by atoms with E-state index in [4.69, 9.17) is 0 Å². The molecular weight excluding hydrogens is 372 g/mol. The molecule has 0 aromatic heterocycles. The van der Waals surface area contributed by atoms with E-state index >= 15 is 0 Å². The number of nitrogens with zero attached hydrogens (tertiary/aromatic N) is 1. The van der Waals surface area contributed by atoms with Gasteiger partial charge in [-0.15, -0.1) is 0 Å². The zero-order valence-corrected chi connectivity index (χ0v) is 17.3. The van der Waals surface area contributed by atoms with Crippen molar-refractivity contribution in [2.24, 2.45) is 5.92 Å². The van der Waals surface area contributed by atoms with Crippen molar-refractivity contribution in [2.75, 3.05) is 19.6 Å². The number of rotatable bonds is 6. The number of hydrogen-bond acceptors (Lipinski definition) is 3. The lowest BCUT2D eigenvalue weighted by atomic mass is 9.98. The Hall–Kier alpha value is -2.18. The highest BCUT2D eigenvalue weighted by Gasteiger charge is 2.33. The van der Waals surface area contributed by atoms with Crippen LogP contribution in [0.3, 0.4) is 0 Å². The molecule has 0 bridgehead atoms. The lowest BCUT2D eigenvalue weighted by Crippen LogP contribution is -2.45. The van der Waals surface area contributed by atoms with Crippen LogP contribution in [0.4, 0.5) is 0 Å². The summed E-state index contributed by atoms with van der Waals surface area (Å²) in [5, 5.41) is 2.98. The van der Waals surface area contributed by atoms with E-state index in [2.05, 4.69) is 17.4 Å². The Kier molecular flexibility index (Phi) is 6.52. The molecule has 0 spiro atoms. The Morgan fingerprint density at radius 2 is 1.86 bits per heavy atom. The summed E-state index contributed by atoms with van der Waals surface area (Å²) in [7, 11) is -3.56. The van der Waals surface area contributed by atoms with Gasteiger partial charge in [0.1, 0.15) is 0 Å². The maximum atomic E-state index is 12.9. The van der Waals surface area contributed by atoms with E-state index in [-0.39, 0.29) is 18.4 Å². The number of hydrogen-bond donors (Lipinski definition) is 1. The van der Waals surface area contributed by atoms with E-state index in [1.54, 1.807) is 24.3 Å². The van der Waals surface area contributed by atoms with E-state index in [1.165, 1.54) is 15.4 Å². The molecule has 0 saturated carbocycles. The van der Waals surface area contributed by atoms with Crippen LogP contribution in [0.15, 0.2) is 53.4 Å². The summed E-state index contributed by atoms with van der Waals surface area (Å²) in [4.78, 5) is 12.9. The second kappa shape index (κ2) is 8.88. The maximum Gasteiger partial charge on any atom is 0.243 e. The van der Waals surface area contributed by atoms with Gasteiger partial charge in [-0.05, 0) is 50.8 Å². The van der Waals surface area contributed by atoms with Crippen LogP contribution in [0, 0.1) is 19.8 Å². The van der Waals surface area contributed by atoms with Crippen LogP contribution >= 0.6 is 0 Å². The molecule has 1 atom stereocenters. The van der Waals surface area contributed by atoms with Crippen LogP contribution in [0.1, 0.15) is 29.5 Å². The molecule has 0 radical (unpaired) electrons. The minimum absolute atomic E-state index is 0.0588. The molecule has 1 amide bonds. The molecule has 1 heterocycles. The maximum absolute atomic E-state index is 12.9. The molecule has 28 heavy (non-hydrogen) atoms. The molecule has 0 unspecified atom stereocenters. The smallest absolute Gasteiger partial charge is 0.243 e. The summed E-state index contributed by atoms with van der Waals surface area (Å²) >= 11 is 0. The summed E-state index contributed by atoms with van der Waals surface area (Å²) in [5.41, 5.74) is 3.41. The van der Waals surface area contributed by atoms with Crippen LogP contribution < -0.4 is 5.32 Å². The standard InChI is InChI=1S/C22H28N2O3S/c1-17-8-10-21(11-9-17)28(26,27)24-14-4-7-20(16-24)22(25)23-13-12-19-6-3-5-18(2)15-19/h3,5-6,8-11,15,20H,4,7,12-14,16H2,1-2H3,(H,23,25)/t20-/m1/s1. The molecule has 1 aliphatic heterocycles. The summed E-state index contributed by atoms with van der Waals surface area (Å²) in [6.45, 7) is 5.24. The van der Waals surface area contributed by atoms with Crippen LogP contribution in [-0.2, 0) is 21.2 Å². The fourth-order valence-electron chi connectivity index (χ4n) is 3.58. The number of carbonyl (C=O) groups excluding carboxylic acids is 1. The number of aryl methyl sites for hydroxylation is 2. The van der Waals surface area contributed by atoms with Crippen LogP contribution in [-0.4, -0.2) is 38.3 Å². The van der Waals surface area contributed by atoms with Crippen molar-refractivity contribution in [3.05, 3.63) is 65.2 Å². The number of carbonyl (C=O) groups is 1. The summed E-state index contributed by atoms with van der Waals surface area (Å²) in [6, 6.07) is 15.1. The minimum atomic E-state index is -3.56. The lowest BCUT2D eigenvalue weighted by Gasteiger charge is -2.31. The number of benzene rings is 2. The molecule has 6 heteroatoms. The highest BCUT2D eigenvalue weighted by molar-refractivity contribution is 7.89. The van der Waals surface area contributed by atoms with Gasteiger partial charge >= 0.3 is 0 Å². The molecule has 2 aromatic rings. The molecule has 1 N–H and O–H groups in total. The Morgan fingerprint density at radius 3 is 2.57 bits per heavy atom. The number of amides is 1. The largest absolute Gasteiger partial charge is 0.355 e. The molecular formula is C22H28N2O3S. The molecule has 3 rings (SSSR count). The van der Waals surface area contributed by atoms with Crippen molar-refractivity contribution >= 4 is 15.9 Å². The monoisotopic (exact) mass is 400 g/mol. The Bertz CT molecular complexity index is 923. The van der Waals surface area contributed by atoms with E-state index in [0.29, 0.717) is 24.4 Å². The molecule has 150 valence electrons. The minimum Gasteiger partial charge on any atom is -0.355 e. The third-order valence-corrected chi connectivity index (χ3v) is 7.09. The topological polar surface area (TPSA) is 66.5 Å². The van der Waals surface area contributed by atoms with Crippen molar-refractivity contribution in [2.45, 2.75) is 38.0 Å². The van der Waals surface area contributed by atoms with Crippen molar-refractivity contribution in [1.29, 1.82) is 0 Å². The van der Waals surface area contributed by atoms with Crippen molar-refractivity contribution in [3.63, 3.8) is 0 Å². The fraction of sp³-hybridized carbons (Fsp3) is 0.409. The molecule has 1 aliphatic rings. The summed E-state index contributed by atoms with van der Waals surface area (Å²) in [6.07, 6.45) is 2.18. The Labute approximate surface area is 167 Å². The SMILES string of the molecule is Cc1ccc(S(=O)(=O)N2CCC[C@@H](C(=O)NCCc3cccc(C)c3)C2)cc1. The van der Waals surface area contributed by atoms with Gasteiger partial charge in [0, 0.05) is 19.6 Å². The Morgan fingerprint density at radius 1 is 1.11 bits per heavy atom. The van der Waals surface area contributed by atoms with Crippen molar-refractivity contribution < 1.29 is 13.2 Å². The molecule has 2 aromatic carbocycles. The highest BCUT2D eigenvalue weighted by Crippen LogP contribution is 2.24. The normalized spacial score (nSPS) is 18.0. The van der Waals surface area contributed by atoms with Crippen molar-refractivity contribution in [1.82, 2.24) is 9.62 Å². The van der Waals surface area contributed by atoms with Gasteiger partial charge in [-0.25, -0.2) is 8.42 Å². The van der Waals surface area contributed by atoms with Crippen molar-refractivity contribution in [3.8, 4) is 0 Å². The first-order valence-electron chi connectivity index (χ1n) is 9.76. The van der Waals surface area contributed by atoms with Gasteiger partial charge < -0.3 is 5.32 Å². The van der Waals surface area contributed by atoms with E-state index in [0.717, 1.165) is 18.4 Å². The van der Waals surface area contributed by atoms with Gasteiger partial charge in [-0.3, -0.25) is 4.79 Å². The van der Waals surface area contributed by atoms with Gasteiger partial charge in [0.05, 0.1) is 10.8 Å². The van der Waals surface area contributed by atoms with Gasteiger partial charge in [0.2, 0.25) is 15.9 Å². The first-order chi connectivity index (χ1) is 13.4. The second-order valence-electron chi connectivity index (χ2n) is 7.55. The van der Waals surface area contributed by atoms with E-state index in [1.807, 2.05) is 26.0 Å². The molecule has 0 aliphatic carbocycles. The third kappa shape index (κ3) is 5.00. The summed E-state index contributed by atoms with van der Waals surface area (Å²) < 4.78 is 27.2. The predicted molar refractivity (Wildman–Crippen MR) is 111 cm³/mol. The third-order valence-electron chi connectivity index (χ3n) is 5.21. The van der Waals surface area contributed by atoms with E-state index < -0.39 is 10.0 Å². The summed E-state index contributed by atoms with van der Waals surface area (Å²) in [5.74, 6) is -0.358. The number of nitrogens with one attached hydrogen (secondary N) is 1. The molecule has 1 saturated heterocycles. The predicted octanol–water partition coefficient (Wildman–Crippen LogP) is 3.06. The van der Waals surface area contributed by atoms with Gasteiger partial charge in [0.15, 0.2) is 0 Å². The highest BCUT2D eigenvalue weighted by atomic mass is 32.2. The van der Waals surface area contributed by atoms with Crippen LogP contribution in [0.5, 0.6) is 0 Å². The fourth-order valence-corrected chi connectivity index (χ4v) is 5.10. The van der Waals surface area contributed by atoms with Gasteiger partial charge in [-0.1, -0.05) is 47.5 Å². The lowest BCUT2D eigenvalue weighted by molar-refractivity contribution is -0.126. The van der Waals surface area contributed by atoms with Gasteiger partial charge in [0.25, 0.3) is 0 Å². The Balaban J connectivity index is 1.57. The second-order valence-corrected chi connectivity index (χ2v) is 9.48.